The molecule has 0 aromatic rings. The molecule has 0 unspecified atom stereocenters. The zero-order valence-electron chi connectivity index (χ0n) is 6.20. The summed E-state index contributed by atoms with van der Waals surface area (Å²) in [5.41, 5.74) is 0. The molecule has 0 heterocycles. The Balaban J connectivity index is 3.80. The molecule has 2 nitrogen and oxygen atoms in total. The highest BCUT2D eigenvalue weighted by molar-refractivity contribution is 5.13. The second-order valence-electron chi connectivity index (χ2n) is 2.00. The van der Waals surface area contributed by atoms with Gasteiger partial charge in [-0.05, 0) is 26.0 Å². The van der Waals surface area contributed by atoms with Gasteiger partial charge in [-0.1, -0.05) is 12.2 Å². The minimum absolute atomic E-state index is 0.250. The summed E-state index contributed by atoms with van der Waals surface area (Å²) in [6.07, 6.45) is 6.38. The third-order valence-electron chi connectivity index (χ3n) is 0.786. The van der Waals surface area contributed by atoms with Crippen LogP contribution in [0, 0.1) is 0 Å². The minimum Gasteiger partial charge on any atom is -0.513 e. The summed E-state index contributed by atoms with van der Waals surface area (Å²) in [6, 6.07) is 0. The summed E-state index contributed by atoms with van der Waals surface area (Å²) >= 11 is 0. The molecule has 0 radical (unpaired) electrons. The SMILES string of the molecule is C\C(O)=C/C=C\C=C(/C)O. The van der Waals surface area contributed by atoms with Crippen molar-refractivity contribution < 1.29 is 10.2 Å². The van der Waals surface area contributed by atoms with Crippen LogP contribution in [-0.4, -0.2) is 10.2 Å². The molecule has 0 saturated heterocycles. The van der Waals surface area contributed by atoms with Gasteiger partial charge in [-0.15, -0.1) is 0 Å². The lowest BCUT2D eigenvalue weighted by Gasteiger charge is -1.82. The van der Waals surface area contributed by atoms with Crippen molar-refractivity contribution in [1.29, 1.82) is 0 Å². The lowest BCUT2D eigenvalue weighted by molar-refractivity contribution is 0.413. The van der Waals surface area contributed by atoms with Crippen LogP contribution in [0.5, 0.6) is 0 Å². The molecule has 0 fully saturated rings. The lowest BCUT2D eigenvalue weighted by Crippen LogP contribution is -1.66. The molecular formula is C8H12O2. The predicted octanol–water partition coefficient (Wildman–Crippen LogP) is 2.47. The van der Waals surface area contributed by atoms with Crippen molar-refractivity contribution in [2.75, 3.05) is 0 Å². The second kappa shape index (κ2) is 4.68. The largest absolute Gasteiger partial charge is 0.513 e. The fourth-order valence-electron chi connectivity index (χ4n) is 0.390. The van der Waals surface area contributed by atoms with E-state index in [0.717, 1.165) is 0 Å². The Morgan fingerprint density at radius 2 is 1.20 bits per heavy atom. The van der Waals surface area contributed by atoms with Crippen molar-refractivity contribution >= 4 is 0 Å². The summed E-state index contributed by atoms with van der Waals surface area (Å²) in [6.45, 7) is 3.17. The standard InChI is InChI=1S/C8H12O2/c1-7(9)5-3-4-6-8(2)10/h3-6,9-10H,1-2H3/b4-3-,7-5+,8-6+. The molecule has 0 aromatic heterocycles. The Hall–Kier alpha value is -1.18. The van der Waals surface area contributed by atoms with Crippen LogP contribution in [0.4, 0.5) is 0 Å². The van der Waals surface area contributed by atoms with E-state index in [1.54, 1.807) is 38.2 Å². The molecule has 0 atom stereocenters. The van der Waals surface area contributed by atoms with E-state index < -0.39 is 0 Å². The van der Waals surface area contributed by atoms with Crippen LogP contribution in [0.1, 0.15) is 13.8 Å². The summed E-state index contributed by atoms with van der Waals surface area (Å²) in [5, 5.41) is 17.3. The van der Waals surface area contributed by atoms with E-state index >= 15 is 0 Å². The van der Waals surface area contributed by atoms with E-state index in [4.69, 9.17) is 10.2 Å². The maximum atomic E-state index is 8.64. The Labute approximate surface area is 60.8 Å². The summed E-state index contributed by atoms with van der Waals surface area (Å²) in [7, 11) is 0. The minimum atomic E-state index is 0.250. The van der Waals surface area contributed by atoms with Crippen LogP contribution in [0.25, 0.3) is 0 Å². The van der Waals surface area contributed by atoms with Crippen molar-refractivity contribution in [3.8, 4) is 0 Å². The highest BCUT2D eigenvalue weighted by Crippen LogP contribution is 1.88. The van der Waals surface area contributed by atoms with Crippen LogP contribution in [0.3, 0.4) is 0 Å². The molecule has 0 rings (SSSR count). The van der Waals surface area contributed by atoms with Crippen LogP contribution in [0.15, 0.2) is 35.8 Å². The predicted molar refractivity (Wildman–Crippen MR) is 41.9 cm³/mol. The van der Waals surface area contributed by atoms with Gasteiger partial charge in [-0.25, -0.2) is 0 Å². The first-order valence-corrected chi connectivity index (χ1v) is 3.02. The van der Waals surface area contributed by atoms with Crippen LogP contribution in [0.2, 0.25) is 0 Å². The number of allylic oxidation sites excluding steroid dienone is 6. The molecule has 0 aliphatic rings. The molecule has 10 heavy (non-hydrogen) atoms. The zero-order chi connectivity index (χ0) is 7.98. The highest BCUT2D eigenvalue weighted by Gasteiger charge is 1.73. The van der Waals surface area contributed by atoms with Crippen molar-refractivity contribution in [3.05, 3.63) is 35.8 Å². The van der Waals surface area contributed by atoms with Gasteiger partial charge in [0.15, 0.2) is 0 Å². The quantitative estimate of drug-likeness (QED) is 0.457. The topological polar surface area (TPSA) is 40.5 Å². The summed E-state index contributed by atoms with van der Waals surface area (Å²) < 4.78 is 0. The third kappa shape index (κ3) is 6.82. The van der Waals surface area contributed by atoms with Crippen molar-refractivity contribution in [1.82, 2.24) is 0 Å². The van der Waals surface area contributed by atoms with E-state index in [2.05, 4.69) is 0 Å². The molecule has 0 amide bonds. The third-order valence-corrected chi connectivity index (χ3v) is 0.786. The Morgan fingerprint density at radius 3 is 1.40 bits per heavy atom. The Morgan fingerprint density at radius 1 is 0.900 bits per heavy atom. The van der Waals surface area contributed by atoms with Gasteiger partial charge < -0.3 is 10.2 Å². The first-order valence-electron chi connectivity index (χ1n) is 3.02. The maximum absolute atomic E-state index is 8.64. The molecule has 0 aliphatic heterocycles. The normalized spacial score (nSPS) is 14.6. The van der Waals surface area contributed by atoms with Crippen molar-refractivity contribution in [3.63, 3.8) is 0 Å². The lowest BCUT2D eigenvalue weighted by atomic mass is 10.4. The van der Waals surface area contributed by atoms with E-state index in [1.165, 1.54) is 0 Å². The molecule has 0 aromatic carbocycles. The monoisotopic (exact) mass is 140 g/mol. The van der Waals surface area contributed by atoms with E-state index in [0.29, 0.717) is 0 Å². The van der Waals surface area contributed by atoms with Gasteiger partial charge >= 0.3 is 0 Å². The number of hydrogen-bond acceptors (Lipinski definition) is 2. The molecule has 2 heteroatoms. The Kier molecular flexibility index (Phi) is 4.12. The first kappa shape index (κ1) is 8.82. The molecule has 0 bridgehead atoms. The smallest absolute Gasteiger partial charge is 0.0891 e. The van der Waals surface area contributed by atoms with Crippen molar-refractivity contribution in [2.45, 2.75) is 13.8 Å². The highest BCUT2D eigenvalue weighted by atomic mass is 16.3. The molecule has 0 aliphatic carbocycles. The van der Waals surface area contributed by atoms with Crippen LogP contribution in [-0.2, 0) is 0 Å². The number of rotatable bonds is 2. The van der Waals surface area contributed by atoms with E-state index in [9.17, 15) is 0 Å². The molecule has 0 saturated carbocycles. The second-order valence-corrected chi connectivity index (χ2v) is 2.00. The molecular weight excluding hydrogens is 128 g/mol. The first-order chi connectivity index (χ1) is 4.63. The zero-order valence-corrected chi connectivity index (χ0v) is 6.20. The fourth-order valence-corrected chi connectivity index (χ4v) is 0.390. The van der Waals surface area contributed by atoms with Gasteiger partial charge in [-0.2, -0.15) is 0 Å². The Bertz CT molecular complexity index is 148. The van der Waals surface area contributed by atoms with E-state index in [1.807, 2.05) is 0 Å². The number of aliphatic hydroxyl groups excluding tert-OH is 2. The van der Waals surface area contributed by atoms with Gasteiger partial charge in [0.2, 0.25) is 0 Å². The van der Waals surface area contributed by atoms with Gasteiger partial charge in [0.1, 0.15) is 0 Å². The van der Waals surface area contributed by atoms with Gasteiger partial charge in [0.25, 0.3) is 0 Å². The van der Waals surface area contributed by atoms with Gasteiger partial charge in [0.05, 0.1) is 11.5 Å². The average Bonchev–Trinajstić information content (AvgIpc) is 1.79. The van der Waals surface area contributed by atoms with Crippen LogP contribution < -0.4 is 0 Å². The molecule has 0 spiro atoms. The van der Waals surface area contributed by atoms with Crippen LogP contribution >= 0.6 is 0 Å². The summed E-state index contributed by atoms with van der Waals surface area (Å²) in [4.78, 5) is 0. The molecule has 2 N–H and O–H groups in total. The average molecular weight is 140 g/mol. The maximum Gasteiger partial charge on any atom is 0.0891 e. The number of aliphatic hydroxyl groups is 2. The summed E-state index contributed by atoms with van der Waals surface area (Å²) in [5.74, 6) is 0.500. The fraction of sp³-hybridized carbons (Fsp3) is 0.250. The van der Waals surface area contributed by atoms with Crippen molar-refractivity contribution in [2.24, 2.45) is 0 Å². The molecule has 56 valence electrons. The number of hydrogen-bond donors (Lipinski definition) is 2. The van der Waals surface area contributed by atoms with E-state index in [-0.39, 0.29) is 11.5 Å². The van der Waals surface area contributed by atoms with Gasteiger partial charge in [-0.3, -0.25) is 0 Å². The van der Waals surface area contributed by atoms with Gasteiger partial charge in [0, 0.05) is 0 Å².